The SMILES string of the molecule is COC(=O)c1cc(NC(=O)CCCNC(=O)c2ccco2)c(F)cc1F. The van der Waals surface area contributed by atoms with Crippen molar-refractivity contribution >= 4 is 23.5 Å². The summed E-state index contributed by atoms with van der Waals surface area (Å²) in [6.07, 6.45) is 1.62. The van der Waals surface area contributed by atoms with Crippen LogP contribution in [-0.4, -0.2) is 31.4 Å². The highest BCUT2D eigenvalue weighted by atomic mass is 19.1. The third-order valence-corrected chi connectivity index (χ3v) is 3.35. The Labute approximate surface area is 147 Å². The average molecular weight is 366 g/mol. The maximum absolute atomic E-state index is 13.7. The highest BCUT2D eigenvalue weighted by Gasteiger charge is 2.17. The third kappa shape index (κ3) is 4.88. The van der Waals surface area contributed by atoms with Crippen LogP contribution >= 0.6 is 0 Å². The first-order valence-electron chi connectivity index (χ1n) is 7.61. The zero-order valence-corrected chi connectivity index (χ0v) is 13.8. The van der Waals surface area contributed by atoms with Gasteiger partial charge in [0.15, 0.2) is 5.76 Å². The van der Waals surface area contributed by atoms with Gasteiger partial charge in [-0.1, -0.05) is 0 Å². The lowest BCUT2D eigenvalue weighted by Crippen LogP contribution is -2.25. The molecule has 1 aromatic heterocycles. The highest BCUT2D eigenvalue weighted by Crippen LogP contribution is 2.20. The summed E-state index contributed by atoms with van der Waals surface area (Å²) in [4.78, 5) is 34.9. The molecular weight excluding hydrogens is 350 g/mol. The molecule has 0 spiro atoms. The van der Waals surface area contributed by atoms with E-state index >= 15 is 0 Å². The monoisotopic (exact) mass is 366 g/mol. The number of amides is 2. The summed E-state index contributed by atoms with van der Waals surface area (Å²) in [5, 5.41) is 4.81. The molecule has 0 fully saturated rings. The van der Waals surface area contributed by atoms with Gasteiger partial charge in [0.2, 0.25) is 5.91 Å². The molecular formula is C17H16F2N2O5. The number of nitrogens with one attached hydrogen (secondary N) is 2. The van der Waals surface area contributed by atoms with Crippen molar-refractivity contribution in [3.63, 3.8) is 0 Å². The van der Waals surface area contributed by atoms with Gasteiger partial charge in [0.25, 0.3) is 5.91 Å². The maximum Gasteiger partial charge on any atom is 0.340 e. The van der Waals surface area contributed by atoms with Crippen molar-refractivity contribution in [2.75, 3.05) is 19.0 Å². The van der Waals surface area contributed by atoms with E-state index in [4.69, 9.17) is 4.42 Å². The van der Waals surface area contributed by atoms with Gasteiger partial charge in [-0.3, -0.25) is 9.59 Å². The molecule has 26 heavy (non-hydrogen) atoms. The second-order valence-corrected chi connectivity index (χ2v) is 5.19. The van der Waals surface area contributed by atoms with E-state index < -0.39 is 35.0 Å². The van der Waals surface area contributed by atoms with Crippen LogP contribution in [-0.2, 0) is 9.53 Å². The Morgan fingerprint density at radius 1 is 1.19 bits per heavy atom. The Morgan fingerprint density at radius 2 is 1.96 bits per heavy atom. The van der Waals surface area contributed by atoms with Crippen LogP contribution in [0, 0.1) is 11.6 Å². The fourth-order valence-electron chi connectivity index (χ4n) is 2.07. The molecule has 1 heterocycles. The van der Waals surface area contributed by atoms with E-state index in [1.807, 2.05) is 0 Å². The number of benzene rings is 1. The normalized spacial score (nSPS) is 10.3. The quantitative estimate of drug-likeness (QED) is 0.580. The van der Waals surface area contributed by atoms with Gasteiger partial charge in [-0.15, -0.1) is 0 Å². The Bertz CT molecular complexity index is 806. The summed E-state index contributed by atoms with van der Waals surface area (Å²) in [6.45, 7) is 0.201. The van der Waals surface area contributed by atoms with Crippen LogP contribution in [0.15, 0.2) is 34.9 Å². The first-order valence-corrected chi connectivity index (χ1v) is 7.61. The van der Waals surface area contributed by atoms with Gasteiger partial charge in [-0.05, 0) is 24.6 Å². The van der Waals surface area contributed by atoms with E-state index in [-0.39, 0.29) is 30.8 Å². The summed E-state index contributed by atoms with van der Waals surface area (Å²) < 4.78 is 36.6. The zero-order chi connectivity index (χ0) is 19.1. The Kier molecular flexibility index (Phi) is 6.42. The molecule has 0 bridgehead atoms. The largest absolute Gasteiger partial charge is 0.465 e. The van der Waals surface area contributed by atoms with Crippen molar-refractivity contribution in [1.82, 2.24) is 5.32 Å². The first-order chi connectivity index (χ1) is 12.4. The Morgan fingerprint density at radius 3 is 2.62 bits per heavy atom. The van der Waals surface area contributed by atoms with Gasteiger partial charge in [0.05, 0.1) is 24.6 Å². The number of carbonyl (C=O) groups excluding carboxylic acids is 3. The highest BCUT2D eigenvalue weighted by molar-refractivity contribution is 5.95. The van der Waals surface area contributed by atoms with E-state index in [1.165, 1.54) is 12.3 Å². The summed E-state index contributed by atoms with van der Waals surface area (Å²) in [5.74, 6) is -3.92. The molecule has 138 valence electrons. The van der Waals surface area contributed by atoms with Gasteiger partial charge < -0.3 is 19.8 Å². The number of methoxy groups -OCH3 is 1. The average Bonchev–Trinajstić information content (AvgIpc) is 3.15. The lowest BCUT2D eigenvalue weighted by molar-refractivity contribution is -0.116. The molecule has 7 nitrogen and oxygen atoms in total. The minimum absolute atomic E-state index is 0.0250. The minimum atomic E-state index is -1.09. The molecule has 2 amide bonds. The Hall–Kier alpha value is -3.23. The molecule has 0 aliphatic rings. The van der Waals surface area contributed by atoms with Crippen LogP contribution in [0.25, 0.3) is 0 Å². The van der Waals surface area contributed by atoms with Crippen molar-refractivity contribution < 1.29 is 32.3 Å². The zero-order valence-electron chi connectivity index (χ0n) is 13.8. The molecule has 1 aromatic carbocycles. The number of halogens is 2. The molecule has 9 heteroatoms. The van der Waals surface area contributed by atoms with Crippen LogP contribution in [0.5, 0.6) is 0 Å². The predicted octanol–water partition coefficient (Wildman–Crippen LogP) is 2.49. The van der Waals surface area contributed by atoms with Crippen LogP contribution in [0.4, 0.5) is 14.5 Å². The van der Waals surface area contributed by atoms with Gasteiger partial charge in [0, 0.05) is 19.0 Å². The standard InChI is InChI=1S/C17H16F2N2O5/c1-25-17(24)10-8-13(12(19)9-11(10)18)21-15(22)5-2-6-20-16(23)14-4-3-7-26-14/h3-4,7-9H,2,5-6H2,1H3,(H,20,23)(H,21,22). The van der Waals surface area contributed by atoms with Crippen LogP contribution < -0.4 is 10.6 Å². The van der Waals surface area contributed by atoms with Crippen molar-refractivity contribution in [1.29, 1.82) is 0 Å². The van der Waals surface area contributed by atoms with Crippen LogP contribution in [0.1, 0.15) is 33.8 Å². The number of hydrogen-bond acceptors (Lipinski definition) is 5. The maximum atomic E-state index is 13.7. The molecule has 0 aliphatic heterocycles. The van der Waals surface area contributed by atoms with E-state index in [2.05, 4.69) is 15.4 Å². The second-order valence-electron chi connectivity index (χ2n) is 5.19. The topological polar surface area (TPSA) is 97.6 Å². The summed E-state index contributed by atoms with van der Waals surface area (Å²) in [5.41, 5.74) is -0.827. The minimum Gasteiger partial charge on any atom is -0.465 e. The molecule has 0 radical (unpaired) electrons. The second kappa shape index (κ2) is 8.75. The van der Waals surface area contributed by atoms with Gasteiger partial charge in [-0.25, -0.2) is 13.6 Å². The lowest BCUT2D eigenvalue weighted by atomic mass is 10.1. The number of anilines is 1. The van der Waals surface area contributed by atoms with Crippen LogP contribution in [0.2, 0.25) is 0 Å². The fraction of sp³-hybridized carbons (Fsp3) is 0.235. The van der Waals surface area contributed by atoms with Crippen molar-refractivity contribution in [2.24, 2.45) is 0 Å². The van der Waals surface area contributed by atoms with Gasteiger partial charge in [0.1, 0.15) is 11.6 Å². The van der Waals surface area contributed by atoms with E-state index in [1.54, 1.807) is 6.07 Å². The number of carbonyl (C=O) groups is 3. The number of hydrogen-bond donors (Lipinski definition) is 2. The van der Waals surface area contributed by atoms with E-state index in [0.717, 1.165) is 13.2 Å². The predicted molar refractivity (Wildman–Crippen MR) is 86.6 cm³/mol. The summed E-state index contributed by atoms with van der Waals surface area (Å²) >= 11 is 0. The molecule has 0 saturated carbocycles. The summed E-state index contributed by atoms with van der Waals surface area (Å²) in [7, 11) is 1.06. The fourth-order valence-corrected chi connectivity index (χ4v) is 2.07. The van der Waals surface area contributed by atoms with E-state index in [0.29, 0.717) is 6.07 Å². The number of rotatable bonds is 7. The van der Waals surface area contributed by atoms with Crippen molar-refractivity contribution in [3.05, 3.63) is 53.5 Å². The summed E-state index contributed by atoms with van der Waals surface area (Å²) in [6, 6.07) is 4.43. The third-order valence-electron chi connectivity index (χ3n) is 3.35. The number of ether oxygens (including phenoxy) is 1. The van der Waals surface area contributed by atoms with Crippen molar-refractivity contribution in [2.45, 2.75) is 12.8 Å². The Balaban J connectivity index is 1.85. The van der Waals surface area contributed by atoms with Gasteiger partial charge >= 0.3 is 5.97 Å². The number of esters is 1. The molecule has 0 saturated heterocycles. The molecule has 2 aromatic rings. The number of furan rings is 1. The van der Waals surface area contributed by atoms with Crippen molar-refractivity contribution in [3.8, 4) is 0 Å². The molecule has 0 unspecified atom stereocenters. The van der Waals surface area contributed by atoms with Gasteiger partial charge in [-0.2, -0.15) is 0 Å². The van der Waals surface area contributed by atoms with E-state index in [9.17, 15) is 23.2 Å². The molecule has 2 N–H and O–H groups in total. The molecule has 0 aliphatic carbocycles. The molecule has 0 atom stereocenters. The lowest BCUT2D eigenvalue weighted by Gasteiger charge is -2.09. The smallest absolute Gasteiger partial charge is 0.340 e. The first kappa shape index (κ1) is 19.1. The molecule has 2 rings (SSSR count). The van der Waals surface area contributed by atoms with Crippen LogP contribution in [0.3, 0.4) is 0 Å².